The highest BCUT2D eigenvalue weighted by Crippen LogP contribution is 2.25. The molecule has 1 atom stereocenters. The monoisotopic (exact) mass is 311 g/mol. The van der Waals surface area contributed by atoms with E-state index in [4.69, 9.17) is 14.6 Å². The Morgan fingerprint density at radius 1 is 1.52 bits per heavy atom. The molecule has 0 aromatic heterocycles. The van der Waals surface area contributed by atoms with Gasteiger partial charge in [-0.3, -0.25) is 0 Å². The second-order valence-electron chi connectivity index (χ2n) is 4.51. The van der Waals surface area contributed by atoms with Gasteiger partial charge in [0.05, 0.1) is 13.7 Å². The van der Waals surface area contributed by atoms with E-state index < -0.39 is 10.0 Å². The molecule has 0 amide bonds. The number of nitrogens with one attached hydrogen (secondary N) is 1. The summed E-state index contributed by atoms with van der Waals surface area (Å²) in [6, 6.07) is 4.38. The third-order valence-electron chi connectivity index (χ3n) is 3.02. The molecule has 1 aromatic carbocycles. The van der Waals surface area contributed by atoms with Crippen molar-refractivity contribution in [1.82, 2.24) is 4.72 Å². The van der Waals surface area contributed by atoms with Gasteiger partial charge in [0.25, 0.3) is 0 Å². The molecule has 0 spiro atoms. The van der Waals surface area contributed by atoms with Crippen molar-refractivity contribution in [3.8, 4) is 17.6 Å². The van der Waals surface area contributed by atoms with Crippen molar-refractivity contribution in [2.45, 2.75) is 17.4 Å². The summed E-state index contributed by atoms with van der Waals surface area (Å²) in [5, 5.41) is 8.70. The maximum Gasteiger partial charge on any atom is 0.244 e. The minimum absolute atomic E-state index is 0.0293. The Morgan fingerprint density at radius 3 is 2.95 bits per heavy atom. The first kappa shape index (κ1) is 15.8. The van der Waals surface area contributed by atoms with Crippen LogP contribution in [0.25, 0.3) is 0 Å². The maximum atomic E-state index is 12.4. The molecular weight excluding hydrogens is 294 g/mol. The molecule has 1 unspecified atom stereocenters. The second-order valence-corrected chi connectivity index (χ2v) is 6.19. The van der Waals surface area contributed by atoms with Crippen LogP contribution in [0.1, 0.15) is 12.0 Å². The smallest absolute Gasteiger partial charge is 0.244 e. The van der Waals surface area contributed by atoms with Gasteiger partial charge >= 0.3 is 0 Å². The summed E-state index contributed by atoms with van der Waals surface area (Å²) >= 11 is 0. The standard InChI is InChI=1S/C14H17NO5S/c1-19-13-5-4-11(3-2-7-16)9-14(13)21(17,18)15-12-6-8-20-10-12/h4-5,9,12,15-16H,6-8,10H2,1H3. The van der Waals surface area contributed by atoms with Crippen molar-refractivity contribution in [1.29, 1.82) is 0 Å². The summed E-state index contributed by atoms with van der Waals surface area (Å²) < 4.78 is 37.8. The summed E-state index contributed by atoms with van der Waals surface area (Å²) in [5.41, 5.74) is 0.493. The van der Waals surface area contributed by atoms with Crippen LogP contribution in [0.2, 0.25) is 0 Å². The molecule has 1 aromatic rings. The SMILES string of the molecule is COc1ccc(C#CCO)cc1S(=O)(=O)NC1CCOC1. The summed E-state index contributed by atoms with van der Waals surface area (Å²) in [6.07, 6.45) is 0.644. The lowest BCUT2D eigenvalue weighted by molar-refractivity contribution is 0.192. The van der Waals surface area contributed by atoms with Gasteiger partial charge in [-0.1, -0.05) is 11.8 Å². The van der Waals surface area contributed by atoms with Crippen LogP contribution in [0.4, 0.5) is 0 Å². The van der Waals surface area contributed by atoms with Crippen molar-refractivity contribution in [2.24, 2.45) is 0 Å². The van der Waals surface area contributed by atoms with E-state index in [0.29, 0.717) is 25.2 Å². The molecule has 0 bridgehead atoms. The van der Waals surface area contributed by atoms with Crippen LogP contribution in [0.5, 0.6) is 5.75 Å². The number of hydrogen-bond acceptors (Lipinski definition) is 5. The van der Waals surface area contributed by atoms with E-state index in [0.717, 1.165) is 0 Å². The van der Waals surface area contributed by atoms with Crippen molar-refractivity contribution in [3.63, 3.8) is 0 Å². The lowest BCUT2D eigenvalue weighted by Crippen LogP contribution is -2.35. The predicted molar refractivity (Wildman–Crippen MR) is 76.5 cm³/mol. The van der Waals surface area contributed by atoms with Crippen molar-refractivity contribution < 1.29 is 23.0 Å². The van der Waals surface area contributed by atoms with Gasteiger partial charge in [-0.25, -0.2) is 13.1 Å². The second kappa shape index (κ2) is 6.91. The number of sulfonamides is 1. The average molecular weight is 311 g/mol. The number of ether oxygens (including phenoxy) is 2. The molecule has 0 aliphatic carbocycles. The van der Waals surface area contributed by atoms with Crippen molar-refractivity contribution in [3.05, 3.63) is 23.8 Å². The first-order valence-electron chi connectivity index (χ1n) is 6.44. The molecule has 1 heterocycles. The molecule has 2 rings (SSSR count). The van der Waals surface area contributed by atoms with Crippen LogP contribution < -0.4 is 9.46 Å². The zero-order valence-electron chi connectivity index (χ0n) is 11.6. The molecule has 2 N–H and O–H groups in total. The largest absolute Gasteiger partial charge is 0.495 e. The molecule has 6 nitrogen and oxygen atoms in total. The average Bonchev–Trinajstić information content (AvgIpc) is 2.97. The molecule has 7 heteroatoms. The van der Waals surface area contributed by atoms with E-state index in [-0.39, 0.29) is 23.3 Å². The Hall–Kier alpha value is -1.59. The Balaban J connectivity index is 2.34. The van der Waals surface area contributed by atoms with Gasteiger partial charge < -0.3 is 14.6 Å². The number of benzene rings is 1. The van der Waals surface area contributed by atoms with Gasteiger partial charge in [0.15, 0.2) is 0 Å². The number of aliphatic hydroxyl groups is 1. The fourth-order valence-electron chi connectivity index (χ4n) is 2.02. The molecule has 114 valence electrons. The highest BCUT2D eigenvalue weighted by atomic mass is 32.2. The molecule has 0 saturated carbocycles. The van der Waals surface area contributed by atoms with E-state index >= 15 is 0 Å². The van der Waals surface area contributed by atoms with Crippen molar-refractivity contribution >= 4 is 10.0 Å². The van der Waals surface area contributed by atoms with Gasteiger partial charge in [-0.15, -0.1) is 0 Å². The molecule has 1 aliphatic heterocycles. The Labute approximate surface area is 124 Å². The van der Waals surface area contributed by atoms with E-state index in [9.17, 15) is 8.42 Å². The predicted octanol–water partition coefficient (Wildman–Crippen LogP) is 0.106. The Morgan fingerprint density at radius 2 is 2.33 bits per heavy atom. The summed E-state index contributed by atoms with van der Waals surface area (Å²) in [4.78, 5) is 0.0293. The highest BCUT2D eigenvalue weighted by Gasteiger charge is 2.26. The first-order chi connectivity index (χ1) is 10.1. The zero-order valence-corrected chi connectivity index (χ0v) is 12.4. The fourth-order valence-corrected chi connectivity index (χ4v) is 3.47. The van der Waals surface area contributed by atoms with Crippen molar-refractivity contribution in [2.75, 3.05) is 26.9 Å². The van der Waals surface area contributed by atoms with Crippen LogP contribution in [0.3, 0.4) is 0 Å². The molecule has 0 radical (unpaired) electrons. The quantitative estimate of drug-likeness (QED) is 0.771. The lowest BCUT2D eigenvalue weighted by Gasteiger charge is -2.14. The minimum Gasteiger partial charge on any atom is -0.495 e. The van der Waals surface area contributed by atoms with Crippen LogP contribution in [-0.4, -0.2) is 46.5 Å². The number of aliphatic hydroxyl groups excluding tert-OH is 1. The number of hydrogen-bond donors (Lipinski definition) is 2. The fraction of sp³-hybridized carbons (Fsp3) is 0.429. The number of rotatable bonds is 4. The molecule has 1 fully saturated rings. The molecule has 21 heavy (non-hydrogen) atoms. The topological polar surface area (TPSA) is 84.9 Å². The molecule has 1 saturated heterocycles. The number of methoxy groups -OCH3 is 1. The summed E-state index contributed by atoms with van der Waals surface area (Å²) in [5.74, 6) is 5.41. The summed E-state index contributed by atoms with van der Waals surface area (Å²) in [6.45, 7) is 0.629. The van der Waals surface area contributed by atoms with Gasteiger partial charge in [0.2, 0.25) is 10.0 Å². The van der Waals surface area contributed by atoms with E-state index in [1.807, 2.05) is 0 Å². The van der Waals surface area contributed by atoms with E-state index in [1.54, 1.807) is 12.1 Å². The Kier molecular flexibility index (Phi) is 5.20. The van der Waals surface area contributed by atoms with Gasteiger partial charge in [-0.05, 0) is 24.6 Å². The summed E-state index contributed by atoms with van der Waals surface area (Å²) in [7, 11) is -2.31. The van der Waals surface area contributed by atoms with Crippen LogP contribution >= 0.6 is 0 Å². The lowest BCUT2D eigenvalue weighted by atomic mass is 10.2. The highest BCUT2D eigenvalue weighted by molar-refractivity contribution is 7.89. The normalized spacial score (nSPS) is 18.1. The zero-order chi connectivity index (χ0) is 15.3. The van der Waals surface area contributed by atoms with Crippen LogP contribution in [0.15, 0.2) is 23.1 Å². The first-order valence-corrected chi connectivity index (χ1v) is 7.93. The third-order valence-corrected chi connectivity index (χ3v) is 4.56. The van der Waals surface area contributed by atoms with Gasteiger partial charge in [0, 0.05) is 18.2 Å². The Bertz CT molecular complexity index is 654. The molecular formula is C14H17NO5S. The van der Waals surface area contributed by atoms with Crippen LogP contribution in [-0.2, 0) is 14.8 Å². The van der Waals surface area contributed by atoms with E-state index in [1.165, 1.54) is 13.2 Å². The third kappa shape index (κ3) is 3.95. The van der Waals surface area contributed by atoms with Gasteiger partial charge in [-0.2, -0.15) is 0 Å². The van der Waals surface area contributed by atoms with E-state index in [2.05, 4.69) is 16.6 Å². The maximum absolute atomic E-state index is 12.4. The molecule has 1 aliphatic rings. The van der Waals surface area contributed by atoms with Gasteiger partial charge in [0.1, 0.15) is 17.3 Å². The minimum atomic E-state index is -3.72. The van der Waals surface area contributed by atoms with Crippen LogP contribution in [0, 0.1) is 11.8 Å².